The molecule has 9 nitrogen and oxygen atoms in total. The maximum atomic E-state index is 14.2. The van der Waals surface area contributed by atoms with Gasteiger partial charge in [-0.1, -0.05) is 6.07 Å². The molecule has 4 N–H and O–H groups in total. The van der Waals surface area contributed by atoms with Crippen molar-refractivity contribution in [2.24, 2.45) is 11.8 Å². The Morgan fingerprint density at radius 1 is 1.25 bits per heavy atom. The summed E-state index contributed by atoms with van der Waals surface area (Å²) in [5.74, 6) is 0.171. The van der Waals surface area contributed by atoms with Crippen LogP contribution in [0.25, 0.3) is 0 Å². The first-order chi connectivity index (χ1) is 17.4. The van der Waals surface area contributed by atoms with Crippen LogP contribution in [0, 0.1) is 24.6 Å². The van der Waals surface area contributed by atoms with Crippen molar-refractivity contribution in [1.82, 2.24) is 20.9 Å². The van der Waals surface area contributed by atoms with Crippen LogP contribution in [0.15, 0.2) is 18.2 Å². The van der Waals surface area contributed by atoms with Gasteiger partial charge in [0.05, 0.1) is 12.7 Å². The SMILES string of the molecule is CNC[C@H](CC1CCOCC1)NC(=O)N1CCC[C@@H](C(OCCNC(=O)O)c2cc(C)cc(F)c2)C1. The molecule has 3 amide bonds. The van der Waals surface area contributed by atoms with Crippen molar-refractivity contribution in [3.8, 4) is 0 Å². The Bertz CT molecular complexity index is 831. The Balaban J connectivity index is 1.65. The summed E-state index contributed by atoms with van der Waals surface area (Å²) < 4.78 is 25.8. The maximum absolute atomic E-state index is 14.2. The number of ether oxygens (including phenoxy) is 2. The standard InChI is InChI=1S/C26H41FN4O5/c1-18-12-21(15-22(27)13-18)24(36-11-7-29-26(33)34)20-4-3-8-31(17-20)25(32)30-23(16-28-2)14-19-5-9-35-10-6-19/h12-13,15,19-20,23-24,28-29H,3-11,14,16-17H2,1-2H3,(H,30,32)(H,33,34)/t20-,23+,24?/m1/s1. The molecule has 36 heavy (non-hydrogen) atoms. The second kappa shape index (κ2) is 14.3. The number of nitrogens with one attached hydrogen (secondary N) is 3. The molecule has 0 radical (unpaired) electrons. The molecule has 2 fully saturated rings. The zero-order chi connectivity index (χ0) is 25.9. The minimum atomic E-state index is -1.12. The maximum Gasteiger partial charge on any atom is 0.404 e. The van der Waals surface area contributed by atoms with Crippen molar-refractivity contribution in [3.05, 3.63) is 35.1 Å². The number of urea groups is 1. The van der Waals surface area contributed by atoms with Gasteiger partial charge in [-0.2, -0.15) is 0 Å². The Labute approximate surface area is 213 Å². The van der Waals surface area contributed by atoms with Gasteiger partial charge in [-0.05, 0) is 75.3 Å². The number of halogens is 1. The second-order valence-electron chi connectivity index (χ2n) is 9.93. The number of rotatable bonds is 11. The molecule has 0 spiro atoms. The third-order valence-corrected chi connectivity index (χ3v) is 6.98. The molecule has 0 aliphatic carbocycles. The van der Waals surface area contributed by atoms with Crippen molar-refractivity contribution < 1.29 is 28.6 Å². The fourth-order valence-corrected chi connectivity index (χ4v) is 5.31. The predicted molar refractivity (Wildman–Crippen MR) is 135 cm³/mol. The van der Waals surface area contributed by atoms with E-state index < -0.39 is 12.2 Å². The van der Waals surface area contributed by atoms with Gasteiger partial charge in [-0.25, -0.2) is 14.0 Å². The number of carbonyl (C=O) groups is 2. The third-order valence-electron chi connectivity index (χ3n) is 6.98. The number of nitrogens with zero attached hydrogens (tertiary/aromatic N) is 1. The first kappa shape index (κ1) is 28.1. The van der Waals surface area contributed by atoms with E-state index in [2.05, 4.69) is 16.0 Å². The van der Waals surface area contributed by atoms with Gasteiger partial charge in [-0.15, -0.1) is 0 Å². The fourth-order valence-electron chi connectivity index (χ4n) is 5.31. The van der Waals surface area contributed by atoms with Crippen LogP contribution in [0.1, 0.15) is 49.3 Å². The zero-order valence-electron chi connectivity index (χ0n) is 21.4. The molecule has 3 rings (SSSR count). The predicted octanol–water partition coefficient (Wildman–Crippen LogP) is 3.29. The van der Waals surface area contributed by atoms with E-state index in [1.54, 1.807) is 0 Å². The lowest BCUT2D eigenvalue weighted by atomic mass is 9.87. The first-order valence-corrected chi connectivity index (χ1v) is 13.0. The molecule has 2 aliphatic rings. The van der Waals surface area contributed by atoms with Gasteiger partial charge >= 0.3 is 12.1 Å². The van der Waals surface area contributed by atoms with Gasteiger partial charge in [0.1, 0.15) is 5.82 Å². The number of likely N-dealkylation sites (N-methyl/N-ethyl adjacent to an activating group) is 1. The van der Waals surface area contributed by atoms with Crippen LogP contribution < -0.4 is 16.0 Å². The minimum absolute atomic E-state index is 0.0333. The molecule has 0 saturated carbocycles. The van der Waals surface area contributed by atoms with Gasteiger partial charge in [0, 0.05) is 51.4 Å². The van der Waals surface area contributed by atoms with Gasteiger partial charge in [0.2, 0.25) is 0 Å². The summed E-state index contributed by atoms with van der Waals surface area (Å²) >= 11 is 0. The normalized spacial score (nSPS) is 20.5. The monoisotopic (exact) mass is 508 g/mol. The lowest BCUT2D eigenvalue weighted by Gasteiger charge is -2.38. The van der Waals surface area contributed by atoms with Crippen LogP contribution >= 0.6 is 0 Å². The molecule has 0 bridgehead atoms. The molecular weight excluding hydrogens is 467 g/mol. The van der Waals surface area contributed by atoms with E-state index in [1.807, 2.05) is 24.9 Å². The highest BCUT2D eigenvalue weighted by Crippen LogP contribution is 2.34. The molecule has 202 valence electrons. The molecule has 2 heterocycles. The van der Waals surface area contributed by atoms with Crippen LogP contribution in [-0.2, 0) is 9.47 Å². The molecule has 1 unspecified atom stereocenters. The van der Waals surface area contributed by atoms with Gasteiger partial charge < -0.3 is 35.4 Å². The molecule has 2 saturated heterocycles. The lowest BCUT2D eigenvalue weighted by Crippen LogP contribution is -2.52. The Kier molecular flexibility index (Phi) is 11.2. The van der Waals surface area contributed by atoms with Crippen LogP contribution in [-0.4, -0.2) is 81.2 Å². The highest BCUT2D eigenvalue weighted by molar-refractivity contribution is 5.74. The smallest absolute Gasteiger partial charge is 0.404 e. The average Bonchev–Trinajstić information content (AvgIpc) is 2.84. The van der Waals surface area contributed by atoms with Crippen LogP contribution in [0.5, 0.6) is 0 Å². The van der Waals surface area contributed by atoms with Gasteiger partial charge in [-0.3, -0.25) is 0 Å². The number of carbonyl (C=O) groups excluding carboxylic acids is 1. The van der Waals surface area contributed by atoms with E-state index in [-0.39, 0.29) is 37.0 Å². The summed E-state index contributed by atoms with van der Waals surface area (Å²) in [5.41, 5.74) is 1.50. The van der Waals surface area contributed by atoms with Crippen LogP contribution in [0.3, 0.4) is 0 Å². The molecule has 0 aromatic heterocycles. The number of aryl methyl sites for hydroxylation is 1. The summed E-state index contributed by atoms with van der Waals surface area (Å²) in [5, 5.41) is 17.6. The van der Waals surface area contributed by atoms with Crippen molar-refractivity contribution >= 4 is 12.1 Å². The molecule has 1 aromatic rings. The third kappa shape index (κ3) is 8.90. The van der Waals surface area contributed by atoms with E-state index in [9.17, 15) is 14.0 Å². The van der Waals surface area contributed by atoms with Crippen molar-refractivity contribution in [3.63, 3.8) is 0 Å². The highest BCUT2D eigenvalue weighted by Gasteiger charge is 2.32. The largest absolute Gasteiger partial charge is 0.465 e. The second-order valence-corrected chi connectivity index (χ2v) is 9.93. The van der Waals surface area contributed by atoms with Crippen molar-refractivity contribution in [2.45, 2.75) is 51.2 Å². The van der Waals surface area contributed by atoms with E-state index in [0.717, 1.165) is 50.9 Å². The lowest BCUT2D eigenvalue weighted by molar-refractivity contribution is -0.00874. The summed E-state index contributed by atoms with van der Waals surface area (Å²) in [6.07, 6.45) is 3.04. The molecule has 10 heteroatoms. The Morgan fingerprint density at radius 2 is 2.03 bits per heavy atom. The fraction of sp³-hybridized carbons (Fsp3) is 0.692. The Morgan fingerprint density at radius 3 is 2.72 bits per heavy atom. The highest BCUT2D eigenvalue weighted by atomic mass is 19.1. The van der Waals surface area contributed by atoms with Crippen LogP contribution in [0.4, 0.5) is 14.0 Å². The summed E-state index contributed by atoms with van der Waals surface area (Å²) in [7, 11) is 1.89. The Hall–Kier alpha value is -2.43. The summed E-state index contributed by atoms with van der Waals surface area (Å²) in [4.78, 5) is 25.9. The average molecular weight is 509 g/mol. The van der Waals surface area contributed by atoms with E-state index in [0.29, 0.717) is 31.1 Å². The molecule has 2 aliphatic heterocycles. The van der Waals surface area contributed by atoms with E-state index in [1.165, 1.54) is 12.1 Å². The summed E-state index contributed by atoms with van der Waals surface area (Å²) in [6.45, 7) is 5.52. The van der Waals surface area contributed by atoms with E-state index in [4.69, 9.17) is 14.6 Å². The number of amides is 3. The van der Waals surface area contributed by atoms with Gasteiger partial charge in [0.15, 0.2) is 0 Å². The first-order valence-electron chi connectivity index (χ1n) is 13.0. The van der Waals surface area contributed by atoms with Crippen molar-refractivity contribution in [1.29, 1.82) is 0 Å². The summed E-state index contributed by atoms with van der Waals surface area (Å²) in [6, 6.07) is 4.78. The number of benzene rings is 1. The molecule has 1 aromatic carbocycles. The molecular formula is C26H41FN4O5. The van der Waals surface area contributed by atoms with Crippen molar-refractivity contribution in [2.75, 3.05) is 53.0 Å². The quantitative estimate of drug-likeness (QED) is 0.341. The molecule has 3 atom stereocenters. The van der Waals surface area contributed by atoms with E-state index >= 15 is 0 Å². The number of carboxylic acid groups (broad SMARTS) is 1. The number of hydrogen-bond acceptors (Lipinski definition) is 5. The number of likely N-dealkylation sites (tertiary alicyclic amines) is 1. The zero-order valence-corrected chi connectivity index (χ0v) is 21.4. The van der Waals surface area contributed by atoms with Crippen LogP contribution in [0.2, 0.25) is 0 Å². The van der Waals surface area contributed by atoms with Gasteiger partial charge in [0.25, 0.3) is 0 Å². The number of piperidine rings is 1. The topological polar surface area (TPSA) is 112 Å². The number of hydrogen-bond donors (Lipinski definition) is 4. The minimum Gasteiger partial charge on any atom is -0.465 e.